The standard InChI is InChI=1S/C23H22N2O2/c1-16-9-14-20(15-17(16)2)24-22(26)18-10-12-19(13-11-18)23(27)25(3)21-7-5-4-6-8-21/h4-15H,1-3H3,(H,24,26). The van der Waals surface area contributed by atoms with E-state index in [-0.39, 0.29) is 11.8 Å². The second-order valence-electron chi connectivity index (χ2n) is 6.53. The molecule has 0 unspecified atom stereocenters. The van der Waals surface area contributed by atoms with E-state index in [1.54, 1.807) is 36.2 Å². The SMILES string of the molecule is Cc1ccc(NC(=O)c2ccc(C(=O)N(C)c3ccccc3)cc2)cc1C. The summed E-state index contributed by atoms with van der Waals surface area (Å²) in [6, 6.07) is 21.9. The maximum absolute atomic E-state index is 12.6. The van der Waals surface area contributed by atoms with Crippen LogP contribution in [0.2, 0.25) is 0 Å². The van der Waals surface area contributed by atoms with Crippen LogP contribution < -0.4 is 10.2 Å². The lowest BCUT2D eigenvalue weighted by molar-refractivity contribution is 0.0989. The first-order chi connectivity index (χ1) is 13.0. The van der Waals surface area contributed by atoms with Gasteiger partial charge < -0.3 is 10.2 Å². The summed E-state index contributed by atoms with van der Waals surface area (Å²) in [6.07, 6.45) is 0. The van der Waals surface area contributed by atoms with Crippen molar-refractivity contribution >= 4 is 23.2 Å². The second kappa shape index (κ2) is 7.87. The molecule has 0 aromatic heterocycles. The maximum Gasteiger partial charge on any atom is 0.258 e. The minimum atomic E-state index is -0.200. The molecule has 0 aliphatic rings. The Morgan fingerprint density at radius 2 is 1.41 bits per heavy atom. The number of benzene rings is 3. The Labute approximate surface area is 159 Å². The van der Waals surface area contributed by atoms with Crippen LogP contribution in [-0.2, 0) is 0 Å². The number of carbonyl (C=O) groups is 2. The van der Waals surface area contributed by atoms with Gasteiger partial charge in [-0.3, -0.25) is 9.59 Å². The van der Waals surface area contributed by atoms with Gasteiger partial charge in [0.1, 0.15) is 0 Å². The number of nitrogens with one attached hydrogen (secondary N) is 1. The van der Waals surface area contributed by atoms with Crippen molar-refractivity contribution in [3.8, 4) is 0 Å². The van der Waals surface area contributed by atoms with E-state index < -0.39 is 0 Å². The molecule has 0 heterocycles. The minimum Gasteiger partial charge on any atom is -0.322 e. The molecule has 4 nitrogen and oxygen atoms in total. The maximum atomic E-state index is 12.6. The number of para-hydroxylation sites is 1. The van der Waals surface area contributed by atoms with Crippen LogP contribution in [0.25, 0.3) is 0 Å². The van der Waals surface area contributed by atoms with E-state index in [4.69, 9.17) is 0 Å². The Morgan fingerprint density at radius 1 is 0.778 bits per heavy atom. The second-order valence-corrected chi connectivity index (χ2v) is 6.53. The molecule has 0 radical (unpaired) electrons. The fraction of sp³-hybridized carbons (Fsp3) is 0.130. The van der Waals surface area contributed by atoms with Crippen LogP contribution in [0.5, 0.6) is 0 Å². The number of hydrogen-bond donors (Lipinski definition) is 1. The summed E-state index contributed by atoms with van der Waals surface area (Å²) in [5.41, 5.74) is 4.92. The Kier molecular flexibility index (Phi) is 5.36. The highest BCUT2D eigenvalue weighted by atomic mass is 16.2. The summed E-state index contributed by atoms with van der Waals surface area (Å²) >= 11 is 0. The molecule has 0 aliphatic heterocycles. The highest BCUT2D eigenvalue weighted by Gasteiger charge is 2.14. The van der Waals surface area contributed by atoms with E-state index in [0.717, 1.165) is 16.9 Å². The molecule has 0 fully saturated rings. The van der Waals surface area contributed by atoms with Crippen molar-refractivity contribution in [1.29, 1.82) is 0 Å². The van der Waals surface area contributed by atoms with Gasteiger partial charge >= 0.3 is 0 Å². The van der Waals surface area contributed by atoms with Crippen molar-refractivity contribution in [2.75, 3.05) is 17.3 Å². The lowest BCUT2D eigenvalue weighted by Gasteiger charge is -2.17. The highest BCUT2D eigenvalue weighted by molar-refractivity contribution is 6.08. The zero-order valence-electron chi connectivity index (χ0n) is 15.7. The summed E-state index contributed by atoms with van der Waals surface area (Å²) in [5.74, 6) is -0.323. The molecule has 2 amide bonds. The van der Waals surface area contributed by atoms with Gasteiger partial charge in [-0.2, -0.15) is 0 Å². The fourth-order valence-electron chi connectivity index (χ4n) is 2.75. The molecule has 3 aromatic rings. The van der Waals surface area contributed by atoms with Gasteiger partial charge in [-0.15, -0.1) is 0 Å². The molecule has 0 aliphatic carbocycles. The first-order valence-corrected chi connectivity index (χ1v) is 8.77. The molecule has 0 saturated carbocycles. The zero-order chi connectivity index (χ0) is 19.4. The molecule has 0 bridgehead atoms. The summed E-state index contributed by atoms with van der Waals surface area (Å²) < 4.78 is 0. The predicted octanol–water partition coefficient (Wildman–Crippen LogP) is 4.83. The predicted molar refractivity (Wildman–Crippen MR) is 109 cm³/mol. The van der Waals surface area contributed by atoms with Crippen LogP contribution in [0, 0.1) is 13.8 Å². The van der Waals surface area contributed by atoms with Crippen molar-refractivity contribution in [1.82, 2.24) is 0 Å². The number of carbonyl (C=O) groups excluding carboxylic acids is 2. The van der Waals surface area contributed by atoms with E-state index >= 15 is 0 Å². The molecule has 4 heteroatoms. The van der Waals surface area contributed by atoms with E-state index in [0.29, 0.717) is 11.1 Å². The van der Waals surface area contributed by atoms with Gasteiger partial charge in [-0.05, 0) is 73.5 Å². The Morgan fingerprint density at radius 3 is 2.04 bits per heavy atom. The van der Waals surface area contributed by atoms with Gasteiger partial charge in [0.15, 0.2) is 0 Å². The van der Waals surface area contributed by atoms with E-state index in [1.807, 2.05) is 62.4 Å². The zero-order valence-corrected chi connectivity index (χ0v) is 15.7. The lowest BCUT2D eigenvalue weighted by atomic mass is 10.1. The van der Waals surface area contributed by atoms with Gasteiger partial charge in [0.25, 0.3) is 11.8 Å². The Hall–Kier alpha value is -3.40. The highest BCUT2D eigenvalue weighted by Crippen LogP contribution is 2.17. The molecule has 0 saturated heterocycles. The molecular formula is C23H22N2O2. The quantitative estimate of drug-likeness (QED) is 0.726. The molecule has 27 heavy (non-hydrogen) atoms. The average Bonchev–Trinajstić information content (AvgIpc) is 2.70. The summed E-state index contributed by atoms with van der Waals surface area (Å²) in [4.78, 5) is 26.6. The van der Waals surface area contributed by atoms with Crippen LogP contribution in [0.15, 0.2) is 72.8 Å². The first kappa shape index (κ1) is 18.4. The number of rotatable bonds is 4. The van der Waals surface area contributed by atoms with Crippen molar-refractivity contribution in [3.63, 3.8) is 0 Å². The van der Waals surface area contributed by atoms with E-state index in [9.17, 15) is 9.59 Å². The van der Waals surface area contributed by atoms with Crippen molar-refractivity contribution < 1.29 is 9.59 Å². The first-order valence-electron chi connectivity index (χ1n) is 8.77. The molecule has 0 atom stereocenters. The average molecular weight is 358 g/mol. The third kappa shape index (κ3) is 4.23. The smallest absolute Gasteiger partial charge is 0.258 e. The van der Waals surface area contributed by atoms with Gasteiger partial charge in [-0.1, -0.05) is 24.3 Å². The van der Waals surface area contributed by atoms with E-state index in [2.05, 4.69) is 5.32 Å². The summed E-state index contributed by atoms with van der Waals surface area (Å²) in [6.45, 7) is 4.04. The van der Waals surface area contributed by atoms with Gasteiger partial charge in [0.05, 0.1) is 0 Å². The Bertz CT molecular complexity index is 963. The van der Waals surface area contributed by atoms with Gasteiger partial charge in [0, 0.05) is 29.5 Å². The van der Waals surface area contributed by atoms with Crippen LogP contribution in [-0.4, -0.2) is 18.9 Å². The van der Waals surface area contributed by atoms with E-state index in [1.165, 1.54) is 5.56 Å². The molecule has 3 aromatic carbocycles. The molecule has 0 spiro atoms. The monoisotopic (exact) mass is 358 g/mol. The van der Waals surface area contributed by atoms with Gasteiger partial charge in [-0.25, -0.2) is 0 Å². The Balaban J connectivity index is 1.71. The molecule has 3 rings (SSSR count). The third-order valence-electron chi connectivity index (χ3n) is 4.61. The number of nitrogens with zero attached hydrogens (tertiary/aromatic N) is 1. The van der Waals surface area contributed by atoms with Crippen LogP contribution in [0.1, 0.15) is 31.8 Å². The fourth-order valence-corrected chi connectivity index (χ4v) is 2.75. The number of amides is 2. The molecule has 136 valence electrons. The van der Waals surface area contributed by atoms with Crippen molar-refractivity contribution in [3.05, 3.63) is 95.1 Å². The van der Waals surface area contributed by atoms with Crippen molar-refractivity contribution in [2.24, 2.45) is 0 Å². The largest absolute Gasteiger partial charge is 0.322 e. The third-order valence-corrected chi connectivity index (χ3v) is 4.61. The normalized spacial score (nSPS) is 10.3. The summed E-state index contributed by atoms with van der Waals surface area (Å²) in [7, 11) is 1.73. The summed E-state index contributed by atoms with van der Waals surface area (Å²) in [5, 5.41) is 2.89. The topological polar surface area (TPSA) is 49.4 Å². The number of hydrogen-bond acceptors (Lipinski definition) is 2. The van der Waals surface area contributed by atoms with Crippen LogP contribution in [0.4, 0.5) is 11.4 Å². The number of anilines is 2. The molecule has 1 N–H and O–H groups in total. The minimum absolute atomic E-state index is 0.123. The number of aryl methyl sites for hydroxylation is 2. The van der Waals surface area contributed by atoms with Crippen LogP contribution >= 0.6 is 0 Å². The van der Waals surface area contributed by atoms with Crippen molar-refractivity contribution in [2.45, 2.75) is 13.8 Å². The lowest BCUT2D eigenvalue weighted by Crippen LogP contribution is -2.26. The van der Waals surface area contributed by atoms with Gasteiger partial charge in [0.2, 0.25) is 0 Å². The van der Waals surface area contributed by atoms with Crippen LogP contribution in [0.3, 0.4) is 0 Å². The molecular weight excluding hydrogens is 336 g/mol.